The van der Waals surface area contributed by atoms with Crippen LogP contribution in [0.15, 0.2) is 29.6 Å². The number of hydrogen-bond acceptors (Lipinski definition) is 5. The minimum atomic E-state index is -0.144. The Hall–Kier alpha value is -2.41. The van der Waals surface area contributed by atoms with Crippen molar-refractivity contribution in [3.63, 3.8) is 0 Å². The second kappa shape index (κ2) is 10.6. The first kappa shape index (κ1) is 22.3. The molecule has 2 aromatic rings. The van der Waals surface area contributed by atoms with Gasteiger partial charge in [0, 0.05) is 30.1 Å². The van der Waals surface area contributed by atoms with Crippen LogP contribution in [-0.2, 0) is 11.4 Å². The number of rotatable bonds is 8. The average Bonchev–Trinajstić information content (AvgIpc) is 3.17. The largest absolute Gasteiger partial charge is 0.487 e. The molecule has 1 saturated heterocycles. The van der Waals surface area contributed by atoms with Gasteiger partial charge in [-0.1, -0.05) is 19.4 Å². The normalized spacial score (nSPS) is 18.8. The molecular weight excluding hydrogens is 398 g/mol. The van der Waals surface area contributed by atoms with E-state index in [4.69, 9.17) is 4.74 Å². The molecule has 1 aliphatic rings. The van der Waals surface area contributed by atoms with E-state index >= 15 is 0 Å². The van der Waals surface area contributed by atoms with Crippen LogP contribution in [0, 0.1) is 12.8 Å². The van der Waals surface area contributed by atoms with Crippen LogP contribution < -0.4 is 10.1 Å². The van der Waals surface area contributed by atoms with E-state index in [9.17, 15) is 9.59 Å². The topological polar surface area (TPSA) is 71.5 Å². The lowest BCUT2D eigenvalue weighted by molar-refractivity contribution is -0.126. The number of benzene rings is 1. The third-order valence-electron chi connectivity index (χ3n) is 5.48. The number of aromatic nitrogens is 1. The number of carbonyl (C=O) groups excluding carboxylic acids is 2. The van der Waals surface area contributed by atoms with Gasteiger partial charge in [-0.2, -0.15) is 0 Å². The summed E-state index contributed by atoms with van der Waals surface area (Å²) in [4.78, 5) is 31.9. The van der Waals surface area contributed by atoms with Gasteiger partial charge in [0.05, 0.1) is 16.6 Å². The molecule has 7 heteroatoms. The van der Waals surface area contributed by atoms with E-state index in [-0.39, 0.29) is 23.8 Å². The van der Waals surface area contributed by atoms with Gasteiger partial charge >= 0.3 is 0 Å². The molecule has 0 bridgehead atoms. The highest BCUT2D eigenvalue weighted by Gasteiger charge is 2.33. The number of aryl methyl sites for hydroxylation is 1. The molecule has 0 aliphatic carbocycles. The predicted molar refractivity (Wildman–Crippen MR) is 119 cm³/mol. The summed E-state index contributed by atoms with van der Waals surface area (Å²) in [7, 11) is 0. The van der Waals surface area contributed by atoms with Gasteiger partial charge in [-0.05, 0) is 51.3 Å². The molecule has 2 atom stereocenters. The molecule has 2 amide bonds. The summed E-state index contributed by atoms with van der Waals surface area (Å²) < 4.78 is 5.83. The van der Waals surface area contributed by atoms with E-state index in [0.717, 1.165) is 36.4 Å². The maximum Gasteiger partial charge on any atom is 0.254 e. The molecule has 1 aromatic heterocycles. The Morgan fingerprint density at radius 2 is 2.17 bits per heavy atom. The molecule has 1 fully saturated rings. The summed E-state index contributed by atoms with van der Waals surface area (Å²) in [5.41, 5.74) is 1.47. The van der Waals surface area contributed by atoms with Crippen molar-refractivity contribution in [3.8, 4) is 5.75 Å². The van der Waals surface area contributed by atoms with Gasteiger partial charge in [-0.25, -0.2) is 4.98 Å². The van der Waals surface area contributed by atoms with Crippen molar-refractivity contribution < 1.29 is 14.3 Å². The zero-order valence-corrected chi connectivity index (χ0v) is 18.8. The minimum absolute atomic E-state index is 0.0523. The number of nitrogens with one attached hydrogen (secondary N) is 1. The van der Waals surface area contributed by atoms with Gasteiger partial charge in [0.2, 0.25) is 5.91 Å². The van der Waals surface area contributed by atoms with Crippen molar-refractivity contribution in [2.24, 2.45) is 5.92 Å². The standard InChI is InChI=1S/C23H31N3O3S/c1-4-5-11-24-22(27)19-10-9-16(2)26(13-19)23(28)18-7-6-8-21(12-18)29-14-20-15-30-17(3)25-20/h6-8,12,15-16,19H,4-5,9-11,13-14H2,1-3H3,(H,24,27). The molecule has 162 valence electrons. The zero-order valence-electron chi connectivity index (χ0n) is 18.0. The Bertz CT molecular complexity index is 867. The van der Waals surface area contributed by atoms with Gasteiger partial charge in [-0.15, -0.1) is 11.3 Å². The van der Waals surface area contributed by atoms with Gasteiger partial charge in [0.1, 0.15) is 12.4 Å². The summed E-state index contributed by atoms with van der Waals surface area (Å²) in [5, 5.41) is 5.99. The number of unbranched alkanes of at least 4 members (excludes halogenated alkanes) is 1. The Kier molecular flexibility index (Phi) is 7.85. The molecule has 1 aromatic carbocycles. The summed E-state index contributed by atoms with van der Waals surface area (Å²) in [6.45, 7) is 7.65. The van der Waals surface area contributed by atoms with E-state index in [1.165, 1.54) is 0 Å². The summed E-state index contributed by atoms with van der Waals surface area (Å²) >= 11 is 1.59. The van der Waals surface area contributed by atoms with Crippen molar-refractivity contribution in [1.82, 2.24) is 15.2 Å². The van der Waals surface area contributed by atoms with Crippen LogP contribution >= 0.6 is 11.3 Å². The van der Waals surface area contributed by atoms with Crippen LogP contribution in [0.5, 0.6) is 5.75 Å². The van der Waals surface area contributed by atoms with Crippen LogP contribution in [-0.4, -0.2) is 40.8 Å². The molecule has 1 N–H and O–H groups in total. The van der Waals surface area contributed by atoms with Crippen molar-refractivity contribution in [2.75, 3.05) is 13.1 Å². The Balaban J connectivity index is 1.63. The number of thiazole rings is 1. The summed E-state index contributed by atoms with van der Waals surface area (Å²) in [5.74, 6) is 0.506. The first-order valence-corrected chi connectivity index (χ1v) is 11.6. The second-order valence-electron chi connectivity index (χ2n) is 7.90. The monoisotopic (exact) mass is 429 g/mol. The molecule has 30 heavy (non-hydrogen) atoms. The maximum atomic E-state index is 13.2. The van der Waals surface area contributed by atoms with Crippen molar-refractivity contribution in [3.05, 3.63) is 45.9 Å². The highest BCUT2D eigenvalue weighted by Crippen LogP contribution is 2.25. The van der Waals surface area contributed by atoms with Crippen LogP contribution in [0.1, 0.15) is 60.6 Å². The number of likely N-dealkylation sites (tertiary alicyclic amines) is 1. The van der Waals surface area contributed by atoms with Crippen LogP contribution in [0.3, 0.4) is 0 Å². The zero-order chi connectivity index (χ0) is 21.5. The lowest BCUT2D eigenvalue weighted by Crippen LogP contribution is -2.49. The molecule has 6 nitrogen and oxygen atoms in total. The Morgan fingerprint density at radius 1 is 1.33 bits per heavy atom. The maximum absolute atomic E-state index is 13.2. The molecular formula is C23H31N3O3S. The molecule has 0 radical (unpaired) electrons. The fraction of sp³-hybridized carbons (Fsp3) is 0.522. The predicted octanol–water partition coefficient (Wildman–Crippen LogP) is 4.19. The average molecular weight is 430 g/mol. The summed E-state index contributed by atoms with van der Waals surface area (Å²) in [6, 6.07) is 7.37. The number of nitrogens with zero attached hydrogens (tertiary/aromatic N) is 2. The number of piperidine rings is 1. The molecule has 0 spiro atoms. The molecule has 3 rings (SSSR count). The van der Waals surface area contributed by atoms with Gasteiger partial charge in [-0.3, -0.25) is 9.59 Å². The third kappa shape index (κ3) is 5.81. The van der Waals surface area contributed by atoms with Gasteiger partial charge in [0.15, 0.2) is 0 Å². The van der Waals surface area contributed by atoms with Crippen molar-refractivity contribution in [1.29, 1.82) is 0 Å². The van der Waals surface area contributed by atoms with Gasteiger partial charge < -0.3 is 15.0 Å². The Labute approximate surface area is 182 Å². The number of amides is 2. The SMILES string of the molecule is CCCCNC(=O)C1CCC(C)N(C(=O)c2cccc(OCc3csc(C)n3)c2)C1. The van der Waals surface area contributed by atoms with E-state index in [1.807, 2.05) is 36.3 Å². The number of hydrogen-bond donors (Lipinski definition) is 1. The third-order valence-corrected chi connectivity index (χ3v) is 6.30. The van der Waals surface area contributed by atoms with Crippen LogP contribution in [0.4, 0.5) is 0 Å². The first-order chi connectivity index (χ1) is 14.5. The van der Waals surface area contributed by atoms with E-state index < -0.39 is 0 Å². The van der Waals surface area contributed by atoms with Crippen molar-refractivity contribution in [2.45, 2.75) is 59.1 Å². The highest BCUT2D eigenvalue weighted by molar-refractivity contribution is 7.09. The molecule has 0 saturated carbocycles. The molecule has 2 unspecified atom stereocenters. The second-order valence-corrected chi connectivity index (χ2v) is 8.96. The lowest BCUT2D eigenvalue weighted by atomic mass is 9.92. The minimum Gasteiger partial charge on any atom is -0.487 e. The van der Waals surface area contributed by atoms with Crippen molar-refractivity contribution >= 4 is 23.2 Å². The number of carbonyl (C=O) groups is 2. The van der Waals surface area contributed by atoms with Crippen LogP contribution in [0.25, 0.3) is 0 Å². The molecule has 2 heterocycles. The first-order valence-electron chi connectivity index (χ1n) is 10.7. The van der Waals surface area contributed by atoms with Gasteiger partial charge in [0.25, 0.3) is 5.91 Å². The van der Waals surface area contributed by atoms with Crippen LogP contribution in [0.2, 0.25) is 0 Å². The quantitative estimate of drug-likeness (QED) is 0.639. The van der Waals surface area contributed by atoms with E-state index in [2.05, 4.69) is 17.2 Å². The highest BCUT2D eigenvalue weighted by atomic mass is 32.1. The fourth-order valence-corrected chi connectivity index (χ4v) is 4.25. The van der Waals surface area contributed by atoms with E-state index in [1.54, 1.807) is 23.5 Å². The Morgan fingerprint density at radius 3 is 2.90 bits per heavy atom. The lowest BCUT2D eigenvalue weighted by Gasteiger charge is -2.37. The fourth-order valence-electron chi connectivity index (χ4n) is 3.65. The summed E-state index contributed by atoms with van der Waals surface area (Å²) in [6.07, 6.45) is 3.67. The number of ether oxygens (including phenoxy) is 1. The van der Waals surface area contributed by atoms with E-state index in [0.29, 0.717) is 31.0 Å². The molecule has 1 aliphatic heterocycles. The smallest absolute Gasteiger partial charge is 0.254 e.